The lowest BCUT2D eigenvalue weighted by molar-refractivity contribution is 1.04. The molecule has 0 saturated heterocycles. The van der Waals surface area contributed by atoms with Crippen LogP contribution in [0.4, 0.5) is 0 Å². The molecule has 0 bridgehead atoms. The number of pyridine rings is 1. The Morgan fingerprint density at radius 2 is 2.08 bits per heavy atom. The lowest BCUT2D eigenvalue weighted by Crippen LogP contribution is -1.96. The van der Waals surface area contributed by atoms with E-state index in [9.17, 15) is 0 Å². The third-order valence-electron chi connectivity index (χ3n) is 1.16. The van der Waals surface area contributed by atoms with Gasteiger partial charge in [0.2, 0.25) is 0 Å². The molecule has 0 unspecified atom stereocenters. The van der Waals surface area contributed by atoms with Gasteiger partial charge >= 0.3 is 0 Å². The maximum absolute atomic E-state index is 8.43. The Hall–Kier alpha value is -0.820. The van der Waals surface area contributed by atoms with Gasteiger partial charge in [0, 0.05) is 18.9 Å². The van der Waals surface area contributed by atoms with Crippen molar-refractivity contribution in [3.05, 3.63) is 29.6 Å². The Bertz CT molecular complexity index is 270. The number of rotatable bonds is 1. The summed E-state index contributed by atoms with van der Waals surface area (Å²) in [6, 6.07) is 3.71. The molecule has 0 amide bonds. The van der Waals surface area contributed by atoms with Gasteiger partial charge in [-0.3, -0.25) is 4.98 Å². The van der Waals surface area contributed by atoms with E-state index in [-0.39, 0.29) is 24.8 Å². The van der Waals surface area contributed by atoms with Crippen molar-refractivity contribution in [3.8, 4) is 6.07 Å². The molecule has 66 valence electrons. The predicted octanol–water partition coefficient (Wildman–Crippen LogP) is 1.26. The Kier molecular flexibility index (Phi) is 7.86. The van der Waals surface area contributed by atoms with Gasteiger partial charge in [-0.05, 0) is 11.6 Å². The quantitative estimate of drug-likeness (QED) is 0.752. The number of nitrogens with two attached hydrogens (primary N) is 1. The monoisotopic (exact) mass is 205 g/mol. The van der Waals surface area contributed by atoms with E-state index in [1.165, 1.54) is 6.20 Å². The topological polar surface area (TPSA) is 62.7 Å². The first-order chi connectivity index (χ1) is 4.86. The lowest BCUT2D eigenvalue weighted by Gasteiger charge is -1.92. The van der Waals surface area contributed by atoms with E-state index in [0.29, 0.717) is 12.1 Å². The first-order valence-corrected chi connectivity index (χ1v) is 2.91. The molecule has 0 aliphatic heterocycles. The Balaban J connectivity index is 0. The SMILES string of the molecule is Cl.Cl.N#Cc1cncc(CN)c1. The van der Waals surface area contributed by atoms with Crippen LogP contribution in [0.25, 0.3) is 0 Å². The second-order valence-electron chi connectivity index (χ2n) is 1.90. The number of aromatic nitrogens is 1. The molecule has 1 rings (SSSR count). The van der Waals surface area contributed by atoms with Crippen molar-refractivity contribution < 1.29 is 0 Å². The highest BCUT2D eigenvalue weighted by Crippen LogP contribution is 1.98. The van der Waals surface area contributed by atoms with E-state index in [0.717, 1.165) is 5.56 Å². The van der Waals surface area contributed by atoms with Crippen molar-refractivity contribution in [2.24, 2.45) is 5.73 Å². The van der Waals surface area contributed by atoms with Gasteiger partial charge in [0.15, 0.2) is 0 Å². The van der Waals surface area contributed by atoms with Crippen molar-refractivity contribution in [2.75, 3.05) is 0 Å². The molecule has 12 heavy (non-hydrogen) atoms. The fourth-order valence-electron chi connectivity index (χ4n) is 0.660. The van der Waals surface area contributed by atoms with E-state index < -0.39 is 0 Å². The van der Waals surface area contributed by atoms with Gasteiger partial charge in [-0.1, -0.05) is 0 Å². The smallest absolute Gasteiger partial charge is 0.101 e. The summed E-state index contributed by atoms with van der Waals surface area (Å²) < 4.78 is 0. The Morgan fingerprint density at radius 3 is 2.58 bits per heavy atom. The van der Waals surface area contributed by atoms with E-state index in [1.54, 1.807) is 12.3 Å². The molecule has 0 atom stereocenters. The first kappa shape index (κ1) is 13.7. The van der Waals surface area contributed by atoms with E-state index in [2.05, 4.69) is 4.98 Å². The summed E-state index contributed by atoms with van der Waals surface area (Å²) in [5, 5.41) is 8.43. The number of nitriles is 1. The fourth-order valence-corrected chi connectivity index (χ4v) is 0.660. The van der Waals surface area contributed by atoms with Gasteiger partial charge in [0.05, 0.1) is 5.56 Å². The zero-order chi connectivity index (χ0) is 7.40. The van der Waals surface area contributed by atoms with E-state index in [1.807, 2.05) is 6.07 Å². The summed E-state index contributed by atoms with van der Waals surface area (Å²) >= 11 is 0. The number of hydrogen-bond donors (Lipinski definition) is 1. The normalized spacial score (nSPS) is 7.33. The number of hydrogen-bond acceptors (Lipinski definition) is 3. The van der Waals surface area contributed by atoms with Gasteiger partial charge < -0.3 is 5.73 Å². The van der Waals surface area contributed by atoms with Crippen molar-refractivity contribution in [1.82, 2.24) is 4.98 Å². The average Bonchev–Trinajstić information content (AvgIpc) is 2.05. The summed E-state index contributed by atoms with van der Waals surface area (Å²) in [6.07, 6.45) is 3.17. The minimum absolute atomic E-state index is 0. The minimum atomic E-state index is 0. The molecule has 1 heterocycles. The third-order valence-corrected chi connectivity index (χ3v) is 1.16. The van der Waals surface area contributed by atoms with E-state index >= 15 is 0 Å². The summed E-state index contributed by atoms with van der Waals surface area (Å²) in [6.45, 7) is 0.433. The molecule has 0 fully saturated rings. The summed E-state index contributed by atoms with van der Waals surface area (Å²) in [5.74, 6) is 0. The van der Waals surface area contributed by atoms with Crippen LogP contribution in [-0.4, -0.2) is 4.98 Å². The lowest BCUT2D eigenvalue weighted by atomic mass is 10.2. The molecule has 0 aliphatic rings. The van der Waals surface area contributed by atoms with Crippen molar-refractivity contribution in [2.45, 2.75) is 6.54 Å². The summed E-state index contributed by atoms with van der Waals surface area (Å²) in [5.41, 5.74) is 6.77. The van der Waals surface area contributed by atoms with Crippen LogP contribution in [-0.2, 0) is 6.54 Å². The number of halogens is 2. The molecule has 1 aromatic rings. The van der Waals surface area contributed by atoms with Crippen LogP contribution in [0, 0.1) is 11.3 Å². The highest BCUT2D eigenvalue weighted by atomic mass is 35.5. The van der Waals surface area contributed by atoms with Crippen LogP contribution < -0.4 is 5.73 Å². The molecule has 0 aliphatic carbocycles. The second-order valence-corrected chi connectivity index (χ2v) is 1.90. The maximum atomic E-state index is 8.43. The van der Waals surface area contributed by atoms with Crippen LogP contribution >= 0.6 is 24.8 Å². The second kappa shape index (κ2) is 6.86. The van der Waals surface area contributed by atoms with Crippen molar-refractivity contribution in [1.29, 1.82) is 5.26 Å². The van der Waals surface area contributed by atoms with Crippen LogP contribution in [0.1, 0.15) is 11.1 Å². The zero-order valence-corrected chi connectivity index (χ0v) is 7.86. The molecule has 0 aromatic carbocycles. The van der Waals surface area contributed by atoms with Crippen LogP contribution in [0.3, 0.4) is 0 Å². The molecule has 0 spiro atoms. The standard InChI is InChI=1S/C7H7N3.2ClH/c8-2-6-1-7(3-9)5-10-4-6;;/h1,4-5H,2,8H2;2*1H. The molecule has 2 N–H and O–H groups in total. The highest BCUT2D eigenvalue weighted by Gasteiger charge is 1.91. The average molecular weight is 206 g/mol. The van der Waals surface area contributed by atoms with Gasteiger partial charge in [-0.25, -0.2) is 0 Å². The predicted molar refractivity (Wildman–Crippen MR) is 51.3 cm³/mol. The van der Waals surface area contributed by atoms with E-state index in [4.69, 9.17) is 11.0 Å². The largest absolute Gasteiger partial charge is 0.326 e. The Morgan fingerprint density at radius 1 is 1.42 bits per heavy atom. The fraction of sp³-hybridized carbons (Fsp3) is 0.143. The summed E-state index contributed by atoms with van der Waals surface area (Å²) in [4.78, 5) is 3.82. The molecular formula is C7H9Cl2N3. The molecule has 0 radical (unpaired) electrons. The maximum Gasteiger partial charge on any atom is 0.101 e. The molecule has 0 saturated carbocycles. The van der Waals surface area contributed by atoms with Gasteiger partial charge in [0.25, 0.3) is 0 Å². The van der Waals surface area contributed by atoms with Crippen molar-refractivity contribution in [3.63, 3.8) is 0 Å². The van der Waals surface area contributed by atoms with Gasteiger partial charge in [-0.15, -0.1) is 24.8 Å². The van der Waals surface area contributed by atoms with Crippen LogP contribution in [0.2, 0.25) is 0 Å². The zero-order valence-electron chi connectivity index (χ0n) is 6.23. The van der Waals surface area contributed by atoms with Gasteiger partial charge in [0.1, 0.15) is 6.07 Å². The molecule has 3 nitrogen and oxygen atoms in total. The van der Waals surface area contributed by atoms with Crippen LogP contribution in [0.5, 0.6) is 0 Å². The van der Waals surface area contributed by atoms with Crippen LogP contribution in [0.15, 0.2) is 18.5 Å². The number of nitrogens with zero attached hydrogens (tertiary/aromatic N) is 2. The summed E-state index contributed by atoms with van der Waals surface area (Å²) in [7, 11) is 0. The molecule has 1 aromatic heterocycles. The molecular weight excluding hydrogens is 197 g/mol. The third kappa shape index (κ3) is 3.54. The molecule has 5 heteroatoms. The first-order valence-electron chi connectivity index (χ1n) is 2.91. The minimum Gasteiger partial charge on any atom is -0.326 e. The highest BCUT2D eigenvalue weighted by molar-refractivity contribution is 5.85. The Labute approximate surface area is 83.4 Å². The van der Waals surface area contributed by atoms with Gasteiger partial charge in [-0.2, -0.15) is 5.26 Å². The van der Waals surface area contributed by atoms with Crippen molar-refractivity contribution >= 4 is 24.8 Å².